The number of nitrogens with zero attached hydrogens (tertiary/aromatic N) is 3. The zero-order valence-corrected chi connectivity index (χ0v) is 13.5. The Bertz CT molecular complexity index is 721. The van der Waals surface area contributed by atoms with Crippen molar-refractivity contribution in [2.75, 3.05) is 29.2 Å². The van der Waals surface area contributed by atoms with E-state index >= 15 is 0 Å². The van der Waals surface area contributed by atoms with Crippen molar-refractivity contribution < 1.29 is 8.42 Å². The summed E-state index contributed by atoms with van der Waals surface area (Å²) in [4.78, 5) is 7.33. The molecule has 3 rings (SSSR count). The van der Waals surface area contributed by atoms with Crippen LogP contribution in [0.3, 0.4) is 0 Å². The van der Waals surface area contributed by atoms with Gasteiger partial charge in [0.05, 0.1) is 5.69 Å². The highest BCUT2D eigenvalue weighted by Crippen LogP contribution is 2.30. The number of sulfone groups is 1. The fraction of sp³-hybridized carbons (Fsp3) is 0.545. The smallest absolute Gasteiger partial charge is 0.195 e. The van der Waals surface area contributed by atoms with E-state index in [4.69, 9.17) is 5.73 Å². The molecular formula is C11H16N4O2S3. The molecule has 6 nitrogen and oxygen atoms in total. The van der Waals surface area contributed by atoms with Gasteiger partial charge >= 0.3 is 0 Å². The molecular weight excluding hydrogens is 316 g/mol. The van der Waals surface area contributed by atoms with Gasteiger partial charge in [-0.2, -0.15) is 11.8 Å². The van der Waals surface area contributed by atoms with E-state index in [1.807, 2.05) is 20.9 Å². The fourth-order valence-electron chi connectivity index (χ4n) is 2.42. The number of hydrogen-bond donors (Lipinski definition) is 1. The molecule has 1 atom stereocenters. The van der Waals surface area contributed by atoms with Crippen LogP contribution >= 0.6 is 23.1 Å². The highest BCUT2D eigenvalue weighted by atomic mass is 32.2. The number of fused-ring (bicyclic) bond motifs is 1. The molecule has 0 amide bonds. The summed E-state index contributed by atoms with van der Waals surface area (Å²) in [5.41, 5.74) is 6.72. The van der Waals surface area contributed by atoms with E-state index in [1.165, 1.54) is 17.6 Å². The van der Waals surface area contributed by atoms with Gasteiger partial charge in [-0.15, -0.1) is 11.3 Å². The first-order chi connectivity index (χ1) is 9.52. The van der Waals surface area contributed by atoms with Crippen LogP contribution < -0.4 is 10.6 Å². The molecule has 20 heavy (non-hydrogen) atoms. The monoisotopic (exact) mass is 332 g/mol. The zero-order chi connectivity index (χ0) is 14.3. The molecule has 3 heterocycles. The number of thioether (sulfide) groups is 1. The zero-order valence-electron chi connectivity index (χ0n) is 11.0. The number of anilines is 1. The Morgan fingerprint density at radius 3 is 3.05 bits per heavy atom. The van der Waals surface area contributed by atoms with E-state index in [1.54, 1.807) is 11.8 Å². The maximum atomic E-state index is 12.0. The summed E-state index contributed by atoms with van der Waals surface area (Å²) in [5.74, 6) is 2.20. The predicted molar refractivity (Wildman–Crippen MR) is 84.3 cm³/mol. The van der Waals surface area contributed by atoms with Crippen molar-refractivity contribution in [1.29, 1.82) is 0 Å². The summed E-state index contributed by atoms with van der Waals surface area (Å²) in [7, 11) is -3.15. The number of aromatic nitrogens is 2. The predicted octanol–water partition coefficient (Wildman–Crippen LogP) is 0.778. The van der Waals surface area contributed by atoms with E-state index in [0.717, 1.165) is 22.2 Å². The van der Waals surface area contributed by atoms with E-state index in [2.05, 4.69) is 4.98 Å². The Kier molecular flexibility index (Phi) is 3.69. The van der Waals surface area contributed by atoms with Crippen LogP contribution in [0.1, 0.15) is 5.69 Å². The third kappa shape index (κ3) is 2.32. The third-order valence-electron chi connectivity index (χ3n) is 3.38. The van der Waals surface area contributed by atoms with Crippen LogP contribution in [-0.2, 0) is 16.4 Å². The van der Waals surface area contributed by atoms with Gasteiger partial charge in [0.15, 0.2) is 20.6 Å². The number of thiazole rings is 1. The van der Waals surface area contributed by atoms with Gasteiger partial charge in [0.2, 0.25) is 0 Å². The Hall–Kier alpha value is -0.770. The van der Waals surface area contributed by atoms with Gasteiger partial charge in [0.1, 0.15) is 5.37 Å². The molecule has 0 radical (unpaired) electrons. The minimum absolute atomic E-state index is 0.341. The molecule has 1 aliphatic rings. The van der Waals surface area contributed by atoms with Gasteiger partial charge in [-0.25, -0.2) is 13.4 Å². The number of imidazole rings is 1. The highest BCUT2D eigenvalue weighted by molar-refractivity contribution is 8.01. The lowest BCUT2D eigenvalue weighted by Crippen LogP contribution is -2.47. The molecule has 2 aromatic heterocycles. The van der Waals surface area contributed by atoms with E-state index < -0.39 is 15.2 Å². The quantitative estimate of drug-likeness (QED) is 0.894. The van der Waals surface area contributed by atoms with Gasteiger partial charge < -0.3 is 10.6 Å². The molecule has 2 aromatic rings. The molecule has 0 aromatic carbocycles. The van der Waals surface area contributed by atoms with Crippen LogP contribution in [0.25, 0.3) is 4.96 Å². The van der Waals surface area contributed by atoms with Crippen LogP contribution in [0.2, 0.25) is 0 Å². The van der Waals surface area contributed by atoms with Crippen molar-refractivity contribution in [2.45, 2.75) is 11.9 Å². The SMILES string of the molecule is CS(=O)(=O)C1CSCCN1c1nc2sccn2c1CN. The van der Waals surface area contributed by atoms with E-state index in [9.17, 15) is 8.42 Å². The van der Waals surface area contributed by atoms with Crippen LogP contribution in [0.5, 0.6) is 0 Å². The van der Waals surface area contributed by atoms with Crippen LogP contribution in [0.4, 0.5) is 5.82 Å². The number of rotatable bonds is 3. The molecule has 0 spiro atoms. The molecule has 110 valence electrons. The van der Waals surface area contributed by atoms with Crippen molar-refractivity contribution >= 4 is 43.7 Å². The summed E-state index contributed by atoms with van der Waals surface area (Å²) >= 11 is 3.19. The Labute approximate surface area is 125 Å². The van der Waals surface area contributed by atoms with E-state index in [0.29, 0.717) is 18.8 Å². The van der Waals surface area contributed by atoms with Gasteiger partial charge in [0.25, 0.3) is 0 Å². The molecule has 0 aliphatic carbocycles. The molecule has 1 aliphatic heterocycles. The maximum absolute atomic E-state index is 12.0. The molecule has 1 saturated heterocycles. The van der Waals surface area contributed by atoms with Gasteiger partial charge in [-0.1, -0.05) is 0 Å². The molecule has 2 N–H and O–H groups in total. The van der Waals surface area contributed by atoms with Crippen molar-refractivity contribution in [2.24, 2.45) is 5.73 Å². The second-order valence-corrected chi connectivity index (χ2v) is 8.92. The summed E-state index contributed by atoms with van der Waals surface area (Å²) in [5, 5.41) is 1.43. The number of hydrogen-bond acceptors (Lipinski definition) is 7. The Morgan fingerprint density at radius 2 is 2.35 bits per heavy atom. The maximum Gasteiger partial charge on any atom is 0.195 e. The fourth-order valence-corrected chi connectivity index (χ4v) is 5.97. The molecule has 0 saturated carbocycles. The molecule has 1 fully saturated rings. The Balaban J connectivity index is 2.10. The standard InChI is InChI=1S/C11H16N4O2S3/c1-20(16,17)9-7-18-4-2-15(9)10-8(6-12)14-3-5-19-11(14)13-10/h3,5,9H,2,4,6-7,12H2,1H3. The summed E-state index contributed by atoms with van der Waals surface area (Å²) < 4.78 is 26.0. The molecule has 1 unspecified atom stereocenters. The van der Waals surface area contributed by atoms with Gasteiger partial charge in [-0.3, -0.25) is 4.40 Å². The molecule has 9 heteroatoms. The lowest BCUT2D eigenvalue weighted by atomic mass is 10.3. The highest BCUT2D eigenvalue weighted by Gasteiger charge is 2.34. The van der Waals surface area contributed by atoms with Gasteiger partial charge in [0, 0.05) is 42.4 Å². The largest absolute Gasteiger partial charge is 0.337 e. The Morgan fingerprint density at radius 1 is 1.55 bits per heavy atom. The van der Waals surface area contributed by atoms with Gasteiger partial charge in [-0.05, 0) is 0 Å². The first-order valence-electron chi connectivity index (χ1n) is 6.20. The van der Waals surface area contributed by atoms with Crippen molar-refractivity contribution in [3.05, 3.63) is 17.3 Å². The van der Waals surface area contributed by atoms with Crippen molar-refractivity contribution in [3.8, 4) is 0 Å². The normalized spacial score (nSPS) is 20.7. The van der Waals surface area contributed by atoms with Crippen LogP contribution in [-0.4, -0.2) is 47.5 Å². The number of nitrogens with two attached hydrogens (primary N) is 1. The summed E-state index contributed by atoms with van der Waals surface area (Å²) in [6.45, 7) is 1.02. The van der Waals surface area contributed by atoms with Crippen molar-refractivity contribution in [1.82, 2.24) is 9.38 Å². The minimum atomic E-state index is -3.15. The first-order valence-corrected chi connectivity index (χ1v) is 10.2. The topological polar surface area (TPSA) is 80.7 Å². The average Bonchev–Trinajstić information content (AvgIpc) is 2.97. The lowest BCUT2D eigenvalue weighted by Gasteiger charge is -2.34. The summed E-state index contributed by atoms with van der Waals surface area (Å²) in [6, 6.07) is 0. The molecule has 0 bridgehead atoms. The third-order valence-corrected chi connectivity index (χ3v) is 6.78. The first kappa shape index (κ1) is 14.2. The summed E-state index contributed by atoms with van der Waals surface area (Å²) in [6.07, 6.45) is 3.21. The van der Waals surface area contributed by atoms with E-state index in [-0.39, 0.29) is 0 Å². The average molecular weight is 332 g/mol. The van der Waals surface area contributed by atoms with Crippen LogP contribution in [0, 0.1) is 0 Å². The van der Waals surface area contributed by atoms with Crippen LogP contribution in [0.15, 0.2) is 11.6 Å². The second-order valence-electron chi connectivity index (χ2n) is 4.69. The minimum Gasteiger partial charge on any atom is -0.337 e. The van der Waals surface area contributed by atoms with Crippen molar-refractivity contribution in [3.63, 3.8) is 0 Å². The lowest BCUT2D eigenvalue weighted by molar-refractivity contribution is 0.583. The second kappa shape index (κ2) is 5.21.